The van der Waals surface area contributed by atoms with Crippen LogP contribution in [-0.4, -0.2) is 73.9 Å². The van der Waals surface area contributed by atoms with Crippen LogP contribution in [0.4, 0.5) is 31.9 Å². The molecule has 2 aromatic rings. The molecule has 2 saturated heterocycles. The Labute approximate surface area is 227 Å². The minimum Gasteiger partial charge on any atom is -0.395 e. The number of rotatable bonds is 8. The molecule has 4 rings (SSSR count). The molecule has 1 amide bonds. The number of halogens is 2. The number of piperidine rings is 2. The molecule has 1 aromatic carbocycles. The van der Waals surface area contributed by atoms with Gasteiger partial charge in [0.25, 0.3) is 11.8 Å². The van der Waals surface area contributed by atoms with Crippen molar-refractivity contribution in [1.82, 2.24) is 9.97 Å². The molecule has 0 bridgehead atoms. The van der Waals surface area contributed by atoms with Crippen LogP contribution in [-0.2, 0) is 10.0 Å². The van der Waals surface area contributed by atoms with Gasteiger partial charge in [-0.1, -0.05) is 13.8 Å². The van der Waals surface area contributed by atoms with Crippen LogP contribution < -0.4 is 19.8 Å². The van der Waals surface area contributed by atoms with E-state index in [1.165, 1.54) is 6.07 Å². The van der Waals surface area contributed by atoms with Crippen LogP contribution >= 0.6 is 0 Å². The molecule has 2 fully saturated rings. The van der Waals surface area contributed by atoms with E-state index in [9.17, 15) is 22.0 Å². The van der Waals surface area contributed by atoms with E-state index >= 15 is 0 Å². The number of aliphatic hydroxyl groups is 1. The standard InChI is InChI=1S/C26H36F2N6O4S/c1-18-16-22(34-12-8-26(27,28)9-13-34)30-24(29-18)31-23(36)20-5-4-19(32-39(37,38)15-14-35)17-21(20)33-10-6-25(2,3)7-11-33/h4-5,16-17,32,35H,6-15H2,1-3H3,(H,29,30,31,36). The second-order valence-corrected chi connectivity index (χ2v) is 12.9. The van der Waals surface area contributed by atoms with Crippen molar-refractivity contribution in [2.75, 3.05) is 58.4 Å². The Morgan fingerprint density at radius 1 is 1.03 bits per heavy atom. The lowest BCUT2D eigenvalue weighted by molar-refractivity contribution is -0.0221. The first-order chi connectivity index (χ1) is 18.3. The monoisotopic (exact) mass is 566 g/mol. The van der Waals surface area contributed by atoms with Crippen LogP contribution in [0.3, 0.4) is 0 Å². The molecular formula is C26H36F2N6O4S. The van der Waals surface area contributed by atoms with Gasteiger partial charge < -0.3 is 14.9 Å². The summed E-state index contributed by atoms with van der Waals surface area (Å²) in [7, 11) is -3.75. The number of sulfonamides is 1. The quantitative estimate of drug-likeness (QED) is 0.442. The lowest BCUT2D eigenvalue weighted by Crippen LogP contribution is -2.40. The smallest absolute Gasteiger partial charge is 0.260 e. The number of alkyl halides is 2. The Morgan fingerprint density at radius 3 is 2.31 bits per heavy atom. The third kappa shape index (κ3) is 7.53. The molecule has 1 aromatic heterocycles. The van der Waals surface area contributed by atoms with Crippen molar-refractivity contribution in [2.24, 2.45) is 5.41 Å². The van der Waals surface area contributed by atoms with Gasteiger partial charge >= 0.3 is 0 Å². The van der Waals surface area contributed by atoms with Gasteiger partial charge in [0.1, 0.15) is 5.82 Å². The molecule has 0 saturated carbocycles. The van der Waals surface area contributed by atoms with Gasteiger partial charge in [0.15, 0.2) is 0 Å². The lowest BCUT2D eigenvalue weighted by atomic mass is 9.82. The Morgan fingerprint density at radius 2 is 1.67 bits per heavy atom. The van der Waals surface area contributed by atoms with E-state index in [4.69, 9.17) is 5.11 Å². The van der Waals surface area contributed by atoms with Crippen LogP contribution in [0, 0.1) is 12.3 Å². The fourth-order valence-corrected chi connectivity index (χ4v) is 5.58. The van der Waals surface area contributed by atoms with Crippen molar-refractivity contribution in [2.45, 2.75) is 52.4 Å². The van der Waals surface area contributed by atoms with Gasteiger partial charge in [0, 0.05) is 50.8 Å². The highest BCUT2D eigenvalue weighted by Crippen LogP contribution is 2.35. The third-order valence-electron chi connectivity index (χ3n) is 7.22. The van der Waals surface area contributed by atoms with Gasteiger partial charge in [-0.3, -0.25) is 14.8 Å². The number of nitrogens with one attached hydrogen (secondary N) is 2. The van der Waals surface area contributed by atoms with E-state index in [-0.39, 0.29) is 43.0 Å². The average Bonchev–Trinajstić information content (AvgIpc) is 2.83. The average molecular weight is 567 g/mol. The summed E-state index contributed by atoms with van der Waals surface area (Å²) in [6.45, 7) is 7.28. The van der Waals surface area contributed by atoms with Gasteiger partial charge in [-0.25, -0.2) is 22.2 Å². The van der Waals surface area contributed by atoms with Gasteiger partial charge in [-0.15, -0.1) is 0 Å². The first-order valence-electron chi connectivity index (χ1n) is 13.1. The highest BCUT2D eigenvalue weighted by molar-refractivity contribution is 7.92. The fourth-order valence-electron chi connectivity index (χ4n) is 4.75. The zero-order valence-corrected chi connectivity index (χ0v) is 23.3. The number of hydrogen-bond donors (Lipinski definition) is 3. The van der Waals surface area contributed by atoms with Crippen molar-refractivity contribution >= 4 is 39.1 Å². The summed E-state index contributed by atoms with van der Waals surface area (Å²) in [5, 5.41) is 11.8. The second kappa shape index (κ2) is 11.2. The molecule has 3 heterocycles. The first-order valence-corrected chi connectivity index (χ1v) is 14.7. The van der Waals surface area contributed by atoms with E-state index in [2.05, 4.69) is 38.8 Å². The van der Waals surface area contributed by atoms with Crippen LogP contribution in [0.2, 0.25) is 0 Å². The maximum absolute atomic E-state index is 13.6. The van der Waals surface area contributed by atoms with Crippen molar-refractivity contribution in [3.05, 3.63) is 35.5 Å². The van der Waals surface area contributed by atoms with Crippen molar-refractivity contribution < 1.29 is 27.1 Å². The Bertz CT molecular complexity index is 1300. The maximum atomic E-state index is 13.6. The van der Waals surface area contributed by atoms with Crippen LogP contribution in [0.1, 0.15) is 55.6 Å². The molecule has 2 aliphatic rings. The molecule has 0 unspecified atom stereocenters. The number of aromatic nitrogens is 2. The molecule has 2 aliphatic heterocycles. The summed E-state index contributed by atoms with van der Waals surface area (Å²) in [6.07, 6.45) is 1.27. The number of aliphatic hydroxyl groups excluding tert-OH is 1. The highest BCUT2D eigenvalue weighted by atomic mass is 32.2. The number of benzene rings is 1. The van der Waals surface area contributed by atoms with Crippen LogP contribution in [0.5, 0.6) is 0 Å². The van der Waals surface area contributed by atoms with Crippen LogP contribution in [0.15, 0.2) is 24.3 Å². The van der Waals surface area contributed by atoms with E-state index in [0.717, 1.165) is 12.8 Å². The number of anilines is 4. The van der Waals surface area contributed by atoms with Gasteiger partial charge in [0.05, 0.1) is 29.3 Å². The maximum Gasteiger partial charge on any atom is 0.260 e. The predicted octanol–water partition coefficient (Wildman–Crippen LogP) is 3.63. The molecule has 13 heteroatoms. The van der Waals surface area contributed by atoms with Crippen molar-refractivity contribution in [3.63, 3.8) is 0 Å². The molecular weight excluding hydrogens is 530 g/mol. The van der Waals surface area contributed by atoms with E-state index < -0.39 is 34.2 Å². The van der Waals surface area contributed by atoms with Crippen molar-refractivity contribution in [3.8, 4) is 0 Å². The number of hydrogen-bond acceptors (Lipinski definition) is 8. The molecule has 0 radical (unpaired) electrons. The summed E-state index contributed by atoms with van der Waals surface area (Å²) < 4.78 is 54.2. The van der Waals surface area contributed by atoms with Crippen molar-refractivity contribution in [1.29, 1.82) is 0 Å². The Balaban J connectivity index is 1.60. The summed E-state index contributed by atoms with van der Waals surface area (Å²) in [5.41, 5.74) is 1.92. The van der Waals surface area contributed by atoms with Gasteiger partial charge in [0.2, 0.25) is 16.0 Å². The summed E-state index contributed by atoms with van der Waals surface area (Å²) in [5.74, 6) is -3.06. The fraction of sp³-hybridized carbons (Fsp3) is 0.577. The minimum absolute atomic E-state index is 0.0609. The normalized spacial score (nSPS) is 19.0. The number of amides is 1. The largest absolute Gasteiger partial charge is 0.395 e. The molecule has 0 aliphatic carbocycles. The van der Waals surface area contributed by atoms with E-state index in [1.807, 2.05) is 0 Å². The molecule has 0 spiro atoms. The summed E-state index contributed by atoms with van der Waals surface area (Å²) in [6, 6.07) is 6.37. The molecule has 39 heavy (non-hydrogen) atoms. The molecule has 214 valence electrons. The number of nitrogens with zero attached hydrogens (tertiary/aromatic N) is 4. The summed E-state index contributed by atoms with van der Waals surface area (Å²) >= 11 is 0. The highest BCUT2D eigenvalue weighted by Gasteiger charge is 2.34. The Kier molecular flexibility index (Phi) is 8.31. The predicted molar refractivity (Wildman–Crippen MR) is 147 cm³/mol. The van der Waals surface area contributed by atoms with E-state index in [1.54, 1.807) is 30.0 Å². The molecule has 10 nitrogen and oxygen atoms in total. The number of aryl methyl sites for hydroxylation is 1. The summed E-state index contributed by atoms with van der Waals surface area (Å²) in [4.78, 5) is 26.1. The third-order valence-corrected chi connectivity index (χ3v) is 8.49. The molecule has 3 N–H and O–H groups in total. The zero-order valence-electron chi connectivity index (χ0n) is 22.5. The topological polar surface area (TPSA) is 128 Å². The number of carbonyl (C=O) groups is 1. The first kappa shape index (κ1) is 28.9. The van der Waals surface area contributed by atoms with E-state index in [0.29, 0.717) is 35.9 Å². The zero-order chi connectivity index (χ0) is 28.4. The Hall–Kier alpha value is -3.06. The molecule has 0 atom stereocenters. The number of carbonyl (C=O) groups excluding carboxylic acids is 1. The minimum atomic E-state index is -3.75. The SMILES string of the molecule is Cc1cc(N2CCC(F)(F)CC2)nc(NC(=O)c2ccc(NS(=O)(=O)CCO)cc2N2CCC(C)(C)CC2)n1. The lowest BCUT2D eigenvalue weighted by Gasteiger charge is -2.39. The van der Waals surface area contributed by atoms with Crippen LogP contribution in [0.25, 0.3) is 0 Å². The second-order valence-electron chi connectivity index (χ2n) is 11.0. The van der Waals surface area contributed by atoms with Gasteiger partial charge in [-0.2, -0.15) is 4.98 Å². The van der Waals surface area contributed by atoms with Gasteiger partial charge in [-0.05, 0) is 43.4 Å².